The van der Waals surface area contributed by atoms with Crippen LogP contribution in [-0.4, -0.2) is 19.7 Å². The van der Waals surface area contributed by atoms with Gasteiger partial charge in [-0.05, 0) is 6.07 Å². The minimum Gasteiger partial charge on any atom is -0.423 e. The van der Waals surface area contributed by atoms with Crippen molar-refractivity contribution in [2.45, 2.75) is 19.9 Å². The fourth-order valence-corrected chi connectivity index (χ4v) is 1.15. The van der Waals surface area contributed by atoms with Crippen molar-refractivity contribution in [3.63, 3.8) is 0 Å². The van der Waals surface area contributed by atoms with Crippen LogP contribution in [0.2, 0.25) is 0 Å². The van der Waals surface area contributed by atoms with E-state index in [1.54, 1.807) is 12.3 Å². The smallest absolute Gasteiger partial charge is 0.347 e. The van der Waals surface area contributed by atoms with Crippen LogP contribution in [0.3, 0.4) is 0 Å². The topological polar surface area (TPSA) is 73.8 Å². The molecule has 0 fully saturated rings. The van der Waals surface area contributed by atoms with Gasteiger partial charge in [-0.3, -0.25) is 4.57 Å². The Bertz CT molecular complexity index is 503. The van der Waals surface area contributed by atoms with E-state index in [0.717, 1.165) is 0 Å². The summed E-state index contributed by atoms with van der Waals surface area (Å²) in [5, 5.41) is 7.63. The van der Waals surface area contributed by atoms with Crippen LogP contribution in [0, 0.1) is 0 Å². The lowest BCUT2D eigenvalue weighted by molar-refractivity contribution is 0.438. The quantitative estimate of drug-likeness (QED) is 0.719. The molecule has 2 rings (SSSR count). The maximum Gasteiger partial charge on any atom is 0.347 e. The van der Waals surface area contributed by atoms with E-state index < -0.39 is 0 Å². The SMILES string of the molecule is CCc1nnc(Cn2cccnc2=O)o1. The van der Waals surface area contributed by atoms with Crippen molar-refractivity contribution in [2.75, 3.05) is 0 Å². The molecular formula is C9H10N4O2. The van der Waals surface area contributed by atoms with E-state index in [9.17, 15) is 4.79 Å². The molecule has 0 aromatic carbocycles. The fraction of sp³-hybridized carbons (Fsp3) is 0.333. The molecule has 2 aromatic rings. The molecule has 0 aliphatic heterocycles. The Labute approximate surface area is 85.6 Å². The van der Waals surface area contributed by atoms with Crippen molar-refractivity contribution in [3.05, 3.63) is 40.7 Å². The van der Waals surface area contributed by atoms with Crippen molar-refractivity contribution in [2.24, 2.45) is 0 Å². The first-order valence-corrected chi connectivity index (χ1v) is 4.62. The summed E-state index contributed by atoms with van der Waals surface area (Å²) < 4.78 is 6.69. The molecule has 0 aliphatic rings. The highest BCUT2D eigenvalue weighted by Gasteiger charge is 2.05. The minimum atomic E-state index is -0.325. The summed E-state index contributed by atoms with van der Waals surface area (Å²) in [5.41, 5.74) is -0.325. The lowest BCUT2D eigenvalue weighted by atomic mass is 10.5. The number of hydrogen-bond acceptors (Lipinski definition) is 5. The molecule has 0 saturated heterocycles. The van der Waals surface area contributed by atoms with Gasteiger partial charge in [0.25, 0.3) is 0 Å². The first kappa shape index (κ1) is 9.57. The summed E-state index contributed by atoms with van der Waals surface area (Å²) in [4.78, 5) is 14.9. The monoisotopic (exact) mass is 206 g/mol. The van der Waals surface area contributed by atoms with E-state index in [0.29, 0.717) is 18.2 Å². The normalized spacial score (nSPS) is 10.5. The minimum absolute atomic E-state index is 0.264. The fourth-order valence-electron chi connectivity index (χ4n) is 1.15. The molecule has 0 unspecified atom stereocenters. The standard InChI is InChI=1S/C9H10N4O2/c1-2-7-11-12-8(15-7)6-13-5-3-4-10-9(13)14/h3-5H,2,6H2,1H3. The number of rotatable bonds is 3. The van der Waals surface area contributed by atoms with Crippen molar-refractivity contribution in [1.29, 1.82) is 0 Å². The molecule has 2 aromatic heterocycles. The summed E-state index contributed by atoms with van der Waals surface area (Å²) in [6.45, 7) is 2.19. The van der Waals surface area contributed by atoms with Crippen molar-refractivity contribution < 1.29 is 4.42 Å². The molecule has 15 heavy (non-hydrogen) atoms. The average molecular weight is 206 g/mol. The van der Waals surface area contributed by atoms with Crippen molar-refractivity contribution in [1.82, 2.24) is 19.7 Å². The van der Waals surface area contributed by atoms with Gasteiger partial charge in [0.2, 0.25) is 11.8 Å². The Kier molecular flexibility index (Phi) is 2.57. The number of hydrogen-bond donors (Lipinski definition) is 0. The summed E-state index contributed by atoms with van der Waals surface area (Å²) in [6, 6.07) is 1.68. The van der Waals surface area contributed by atoms with E-state index >= 15 is 0 Å². The Hall–Kier alpha value is -1.98. The zero-order chi connectivity index (χ0) is 10.7. The van der Waals surface area contributed by atoms with Gasteiger partial charge in [0.1, 0.15) is 6.54 Å². The van der Waals surface area contributed by atoms with Crippen LogP contribution in [0.4, 0.5) is 0 Å². The highest BCUT2D eigenvalue weighted by molar-refractivity contribution is 4.87. The summed E-state index contributed by atoms with van der Waals surface area (Å²) in [6.07, 6.45) is 3.77. The summed E-state index contributed by atoms with van der Waals surface area (Å²) in [5.74, 6) is 0.990. The molecule has 0 amide bonds. The predicted octanol–water partition coefficient (Wildman–Crippen LogP) is 0.237. The van der Waals surface area contributed by atoms with Crippen LogP contribution >= 0.6 is 0 Å². The Morgan fingerprint density at radius 2 is 2.20 bits per heavy atom. The Morgan fingerprint density at radius 1 is 1.40 bits per heavy atom. The van der Waals surface area contributed by atoms with Gasteiger partial charge in [0.15, 0.2) is 0 Å². The largest absolute Gasteiger partial charge is 0.423 e. The van der Waals surface area contributed by atoms with Crippen LogP contribution in [0.5, 0.6) is 0 Å². The van der Waals surface area contributed by atoms with Gasteiger partial charge >= 0.3 is 5.69 Å². The average Bonchev–Trinajstić information content (AvgIpc) is 2.69. The van der Waals surface area contributed by atoms with Crippen LogP contribution in [0.25, 0.3) is 0 Å². The lowest BCUT2D eigenvalue weighted by Crippen LogP contribution is -2.22. The number of nitrogens with zero attached hydrogens (tertiary/aromatic N) is 4. The molecule has 0 N–H and O–H groups in total. The van der Waals surface area contributed by atoms with Crippen molar-refractivity contribution in [3.8, 4) is 0 Å². The second-order valence-corrected chi connectivity index (χ2v) is 2.97. The molecule has 0 aliphatic carbocycles. The molecule has 0 bridgehead atoms. The van der Waals surface area contributed by atoms with Gasteiger partial charge in [-0.15, -0.1) is 10.2 Å². The molecule has 0 spiro atoms. The van der Waals surface area contributed by atoms with E-state index in [1.165, 1.54) is 10.8 Å². The van der Waals surface area contributed by atoms with E-state index in [-0.39, 0.29) is 12.2 Å². The molecule has 78 valence electrons. The second-order valence-electron chi connectivity index (χ2n) is 2.97. The highest BCUT2D eigenvalue weighted by atomic mass is 16.4. The highest BCUT2D eigenvalue weighted by Crippen LogP contribution is 2.01. The van der Waals surface area contributed by atoms with Gasteiger partial charge < -0.3 is 4.42 Å². The zero-order valence-corrected chi connectivity index (χ0v) is 8.25. The van der Waals surface area contributed by atoms with Crippen molar-refractivity contribution >= 4 is 0 Å². The van der Waals surface area contributed by atoms with E-state index in [2.05, 4.69) is 15.2 Å². The maximum atomic E-state index is 11.3. The third kappa shape index (κ3) is 2.09. The van der Waals surface area contributed by atoms with Gasteiger partial charge in [0.05, 0.1) is 0 Å². The molecule has 0 saturated carbocycles. The molecule has 0 radical (unpaired) electrons. The maximum absolute atomic E-state index is 11.3. The molecule has 6 nitrogen and oxygen atoms in total. The Balaban J connectivity index is 2.22. The van der Waals surface area contributed by atoms with Crippen LogP contribution in [0.1, 0.15) is 18.7 Å². The first-order chi connectivity index (χ1) is 7.29. The molecule has 6 heteroatoms. The zero-order valence-electron chi connectivity index (χ0n) is 8.25. The third-order valence-electron chi connectivity index (χ3n) is 1.90. The number of aryl methyl sites for hydroxylation is 1. The third-order valence-corrected chi connectivity index (χ3v) is 1.90. The van der Waals surface area contributed by atoms with E-state index in [1.807, 2.05) is 6.92 Å². The van der Waals surface area contributed by atoms with Gasteiger partial charge in [-0.25, -0.2) is 9.78 Å². The first-order valence-electron chi connectivity index (χ1n) is 4.62. The van der Waals surface area contributed by atoms with Gasteiger partial charge in [-0.2, -0.15) is 0 Å². The molecule has 0 atom stereocenters. The predicted molar refractivity (Wildman–Crippen MR) is 51.3 cm³/mol. The summed E-state index contributed by atoms with van der Waals surface area (Å²) >= 11 is 0. The summed E-state index contributed by atoms with van der Waals surface area (Å²) in [7, 11) is 0. The van der Waals surface area contributed by atoms with E-state index in [4.69, 9.17) is 4.42 Å². The second kappa shape index (κ2) is 4.04. The molecular weight excluding hydrogens is 196 g/mol. The van der Waals surface area contributed by atoms with Crippen LogP contribution < -0.4 is 5.69 Å². The lowest BCUT2D eigenvalue weighted by Gasteiger charge is -1.98. The van der Waals surface area contributed by atoms with Gasteiger partial charge in [-0.1, -0.05) is 6.92 Å². The number of aromatic nitrogens is 4. The van der Waals surface area contributed by atoms with Crippen LogP contribution in [-0.2, 0) is 13.0 Å². The van der Waals surface area contributed by atoms with Gasteiger partial charge in [0, 0.05) is 18.8 Å². The Morgan fingerprint density at radius 3 is 2.87 bits per heavy atom. The molecule has 2 heterocycles. The van der Waals surface area contributed by atoms with Crippen LogP contribution in [0.15, 0.2) is 27.7 Å².